The van der Waals surface area contributed by atoms with E-state index in [2.05, 4.69) is 28.8 Å². The summed E-state index contributed by atoms with van der Waals surface area (Å²) in [5.41, 5.74) is 3.52. The Hall–Kier alpha value is -1.39. The molecule has 0 radical (unpaired) electrons. The zero-order valence-electron chi connectivity index (χ0n) is 11.8. The number of hydrogen-bond donors (Lipinski definition) is 2. The van der Waals surface area contributed by atoms with Gasteiger partial charge in [0.1, 0.15) is 0 Å². The molecular weight excluding hydrogens is 238 g/mol. The van der Waals surface area contributed by atoms with Crippen LogP contribution in [0.4, 0.5) is 5.69 Å². The Bertz CT molecular complexity index is 445. The molecule has 0 bridgehead atoms. The molecule has 0 saturated heterocycles. The highest BCUT2D eigenvalue weighted by molar-refractivity contribution is 6.01. The molecular formula is C15H23N3O. The maximum absolute atomic E-state index is 12.1. The van der Waals surface area contributed by atoms with Gasteiger partial charge in [0, 0.05) is 18.8 Å². The number of nitrogens with zero attached hydrogens (tertiary/aromatic N) is 1. The van der Waals surface area contributed by atoms with Gasteiger partial charge in [0.05, 0.1) is 6.42 Å². The zero-order valence-corrected chi connectivity index (χ0v) is 11.8. The normalized spacial score (nSPS) is 14.0. The van der Waals surface area contributed by atoms with Gasteiger partial charge in [-0.2, -0.15) is 0 Å². The lowest BCUT2D eigenvalue weighted by Gasteiger charge is -2.17. The molecule has 0 aliphatic carbocycles. The number of carbonyl (C=O) groups excluding carboxylic acids is 1. The van der Waals surface area contributed by atoms with Crippen LogP contribution in [-0.4, -0.2) is 33.1 Å². The number of carbonyl (C=O) groups is 1. The molecule has 1 aliphatic rings. The quantitative estimate of drug-likeness (QED) is 0.727. The van der Waals surface area contributed by atoms with Gasteiger partial charge in [-0.1, -0.05) is 12.1 Å². The van der Waals surface area contributed by atoms with Crippen molar-refractivity contribution in [2.75, 3.05) is 32.1 Å². The highest BCUT2D eigenvalue weighted by atomic mass is 16.2. The first-order valence-electron chi connectivity index (χ1n) is 6.97. The Morgan fingerprint density at radius 3 is 2.79 bits per heavy atom. The number of unbranched alkanes of at least 4 members (excludes halogenated alkanes) is 1. The van der Waals surface area contributed by atoms with Crippen molar-refractivity contribution in [1.29, 1.82) is 0 Å². The molecule has 0 aromatic heterocycles. The molecule has 0 fully saturated rings. The minimum Gasteiger partial charge on any atom is -0.320 e. The fourth-order valence-electron chi connectivity index (χ4n) is 2.57. The van der Waals surface area contributed by atoms with Crippen LogP contribution in [0.5, 0.6) is 0 Å². The van der Waals surface area contributed by atoms with E-state index in [0.717, 1.165) is 38.2 Å². The van der Waals surface area contributed by atoms with Gasteiger partial charge in [-0.05, 0) is 50.7 Å². The SMILES string of the molecule is CNCCCCN1C(=O)Cc2cc(CNC)ccc21. The molecule has 4 nitrogen and oxygen atoms in total. The van der Waals surface area contributed by atoms with Gasteiger partial charge < -0.3 is 15.5 Å². The summed E-state index contributed by atoms with van der Waals surface area (Å²) in [5.74, 6) is 0.237. The first kappa shape index (κ1) is 14.0. The Labute approximate surface area is 115 Å². The van der Waals surface area contributed by atoms with Gasteiger partial charge in [0.25, 0.3) is 0 Å². The third-order valence-corrected chi connectivity index (χ3v) is 3.52. The lowest BCUT2D eigenvalue weighted by Crippen LogP contribution is -2.28. The van der Waals surface area contributed by atoms with Crippen LogP contribution in [0.25, 0.3) is 0 Å². The third-order valence-electron chi connectivity index (χ3n) is 3.52. The van der Waals surface area contributed by atoms with Crippen LogP contribution in [-0.2, 0) is 17.8 Å². The van der Waals surface area contributed by atoms with E-state index in [9.17, 15) is 4.79 Å². The van der Waals surface area contributed by atoms with Crippen molar-refractivity contribution in [3.05, 3.63) is 29.3 Å². The van der Waals surface area contributed by atoms with E-state index in [0.29, 0.717) is 6.42 Å². The highest BCUT2D eigenvalue weighted by Gasteiger charge is 2.26. The monoisotopic (exact) mass is 261 g/mol. The summed E-state index contributed by atoms with van der Waals surface area (Å²) in [7, 11) is 3.89. The molecule has 0 unspecified atom stereocenters. The van der Waals surface area contributed by atoms with Crippen molar-refractivity contribution in [3.8, 4) is 0 Å². The molecule has 104 valence electrons. The van der Waals surface area contributed by atoms with Gasteiger partial charge in [-0.25, -0.2) is 0 Å². The first-order valence-corrected chi connectivity index (χ1v) is 6.97. The van der Waals surface area contributed by atoms with Crippen LogP contribution in [0.2, 0.25) is 0 Å². The number of nitrogens with one attached hydrogen (secondary N) is 2. The lowest BCUT2D eigenvalue weighted by atomic mass is 10.1. The van der Waals surface area contributed by atoms with Crippen molar-refractivity contribution < 1.29 is 4.79 Å². The summed E-state index contributed by atoms with van der Waals surface area (Å²) in [6.07, 6.45) is 2.71. The molecule has 1 heterocycles. The summed E-state index contributed by atoms with van der Waals surface area (Å²) < 4.78 is 0. The van der Waals surface area contributed by atoms with E-state index in [1.807, 2.05) is 19.0 Å². The maximum atomic E-state index is 12.1. The third kappa shape index (κ3) is 3.33. The van der Waals surface area contributed by atoms with E-state index >= 15 is 0 Å². The fourth-order valence-corrected chi connectivity index (χ4v) is 2.57. The maximum Gasteiger partial charge on any atom is 0.231 e. The van der Waals surface area contributed by atoms with Crippen LogP contribution >= 0.6 is 0 Å². The van der Waals surface area contributed by atoms with Crippen molar-refractivity contribution in [2.45, 2.75) is 25.8 Å². The standard InChI is InChI=1S/C15H23N3O/c1-16-7-3-4-8-18-14-6-5-12(11-17-2)9-13(14)10-15(18)19/h5-6,9,16-17H,3-4,7-8,10-11H2,1-2H3. The van der Waals surface area contributed by atoms with Crippen molar-refractivity contribution >= 4 is 11.6 Å². The number of amides is 1. The lowest BCUT2D eigenvalue weighted by molar-refractivity contribution is -0.117. The highest BCUT2D eigenvalue weighted by Crippen LogP contribution is 2.29. The van der Waals surface area contributed by atoms with Crippen molar-refractivity contribution in [1.82, 2.24) is 10.6 Å². The van der Waals surface area contributed by atoms with Crippen LogP contribution < -0.4 is 15.5 Å². The van der Waals surface area contributed by atoms with E-state index in [-0.39, 0.29) is 5.91 Å². The number of hydrogen-bond acceptors (Lipinski definition) is 3. The molecule has 1 aromatic rings. The molecule has 1 aromatic carbocycles. The Kier molecular flexibility index (Phi) is 4.93. The van der Waals surface area contributed by atoms with Crippen molar-refractivity contribution in [2.24, 2.45) is 0 Å². The largest absolute Gasteiger partial charge is 0.320 e. The zero-order chi connectivity index (χ0) is 13.7. The smallest absolute Gasteiger partial charge is 0.231 e. The van der Waals surface area contributed by atoms with E-state index in [1.54, 1.807) is 0 Å². The molecule has 1 amide bonds. The number of anilines is 1. The second kappa shape index (κ2) is 6.68. The molecule has 0 atom stereocenters. The molecule has 0 spiro atoms. The molecule has 19 heavy (non-hydrogen) atoms. The molecule has 4 heteroatoms. The predicted octanol–water partition coefficient (Wildman–Crippen LogP) is 1.29. The predicted molar refractivity (Wildman–Crippen MR) is 78.4 cm³/mol. The van der Waals surface area contributed by atoms with Crippen LogP contribution in [0.1, 0.15) is 24.0 Å². The minimum absolute atomic E-state index is 0.237. The van der Waals surface area contributed by atoms with Crippen LogP contribution in [0.3, 0.4) is 0 Å². The Morgan fingerprint density at radius 2 is 2.05 bits per heavy atom. The second-order valence-electron chi connectivity index (χ2n) is 5.03. The van der Waals surface area contributed by atoms with Gasteiger partial charge in [-0.15, -0.1) is 0 Å². The summed E-state index contributed by atoms with van der Waals surface area (Å²) in [5, 5.41) is 6.28. The molecule has 0 saturated carbocycles. The van der Waals surface area contributed by atoms with Gasteiger partial charge in [0.2, 0.25) is 5.91 Å². The van der Waals surface area contributed by atoms with Crippen molar-refractivity contribution in [3.63, 3.8) is 0 Å². The van der Waals surface area contributed by atoms with Crippen LogP contribution in [0.15, 0.2) is 18.2 Å². The average Bonchev–Trinajstić information content (AvgIpc) is 2.70. The summed E-state index contributed by atoms with van der Waals surface area (Å²) in [4.78, 5) is 14.0. The summed E-state index contributed by atoms with van der Waals surface area (Å²) in [6, 6.07) is 6.34. The summed E-state index contributed by atoms with van der Waals surface area (Å²) in [6.45, 7) is 2.69. The number of benzene rings is 1. The Balaban J connectivity index is 2.02. The van der Waals surface area contributed by atoms with E-state index in [1.165, 1.54) is 11.1 Å². The van der Waals surface area contributed by atoms with E-state index in [4.69, 9.17) is 0 Å². The van der Waals surface area contributed by atoms with Gasteiger partial charge in [0.15, 0.2) is 0 Å². The van der Waals surface area contributed by atoms with Crippen LogP contribution in [0, 0.1) is 0 Å². The molecule has 2 rings (SSSR count). The Morgan fingerprint density at radius 1 is 1.21 bits per heavy atom. The summed E-state index contributed by atoms with van der Waals surface area (Å²) >= 11 is 0. The number of fused-ring (bicyclic) bond motifs is 1. The first-order chi connectivity index (χ1) is 9.26. The minimum atomic E-state index is 0.237. The second-order valence-corrected chi connectivity index (χ2v) is 5.03. The molecule has 2 N–H and O–H groups in total. The fraction of sp³-hybridized carbons (Fsp3) is 0.533. The van der Waals surface area contributed by atoms with Gasteiger partial charge >= 0.3 is 0 Å². The van der Waals surface area contributed by atoms with E-state index < -0.39 is 0 Å². The number of rotatable bonds is 7. The average molecular weight is 261 g/mol. The molecule has 1 aliphatic heterocycles. The topological polar surface area (TPSA) is 44.4 Å². The van der Waals surface area contributed by atoms with Gasteiger partial charge in [-0.3, -0.25) is 4.79 Å².